The third kappa shape index (κ3) is 6.21. The summed E-state index contributed by atoms with van der Waals surface area (Å²) in [6.45, 7) is 3.44. The normalized spacial score (nSPS) is 16.4. The highest BCUT2D eigenvalue weighted by Crippen LogP contribution is 2.20. The number of amides is 2. The molecule has 30 heavy (non-hydrogen) atoms. The Morgan fingerprint density at radius 2 is 1.83 bits per heavy atom. The number of carbonyl (C=O) groups excluding carboxylic acids is 1. The van der Waals surface area contributed by atoms with Crippen molar-refractivity contribution in [3.05, 3.63) is 65.7 Å². The van der Waals surface area contributed by atoms with Crippen LogP contribution in [0.25, 0.3) is 0 Å². The Hall–Kier alpha value is -2.57. The van der Waals surface area contributed by atoms with Crippen LogP contribution in [-0.2, 0) is 6.54 Å². The Bertz CT molecular complexity index is 806. The average Bonchev–Trinajstić information content (AvgIpc) is 2.74. The first-order valence-electron chi connectivity index (χ1n) is 10.7. The van der Waals surface area contributed by atoms with Crippen molar-refractivity contribution in [1.29, 1.82) is 0 Å². The number of benzene rings is 2. The van der Waals surface area contributed by atoms with Gasteiger partial charge in [-0.15, -0.1) is 0 Å². The molecular weight excluding hydrogens is 376 g/mol. The average molecular weight is 411 g/mol. The van der Waals surface area contributed by atoms with Crippen molar-refractivity contribution >= 4 is 6.03 Å². The molecule has 1 heterocycles. The number of urea groups is 1. The lowest BCUT2D eigenvalue weighted by molar-refractivity contribution is 0.133. The molecule has 2 N–H and O–H groups in total. The molecular formula is C24H34N4O2. The number of hydrogen-bond acceptors (Lipinski definition) is 4. The number of likely N-dealkylation sites (tertiary alicyclic amines) is 1. The van der Waals surface area contributed by atoms with Gasteiger partial charge in [-0.25, -0.2) is 4.79 Å². The lowest BCUT2D eigenvalue weighted by Crippen LogP contribution is -2.47. The second kappa shape index (κ2) is 10.5. The monoisotopic (exact) mass is 410 g/mol. The van der Waals surface area contributed by atoms with Gasteiger partial charge in [0.15, 0.2) is 0 Å². The minimum absolute atomic E-state index is 0.0880. The third-order valence-corrected chi connectivity index (χ3v) is 5.96. The highest BCUT2D eigenvalue weighted by atomic mass is 16.3. The quantitative estimate of drug-likeness (QED) is 0.735. The zero-order valence-electron chi connectivity index (χ0n) is 18.3. The first-order chi connectivity index (χ1) is 14.4. The molecule has 1 fully saturated rings. The van der Waals surface area contributed by atoms with E-state index in [1.807, 2.05) is 24.3 Å². The van der Waals surface area contributed by atoms with Gasteiger partial charge < -0.3 is 25.1 Å². The maximum atomic E-state index is 12.9. The van der Waals surface area contributed by atoms with Gasteiger partial charge in [0, 0.05) is 26.2 Å². The van der Waals surface area contributed by atoms with Gasteiger partial charge in [-0.3, -0.25) is 0 Å². The molecule has 2 amide bonds. The van der Waals surface area contributed by atoms with E-state index in [0.717, 1.165) is 43.6 Å². The number of rotatable bonds is 7. The van der Waals surface area contributed by atoms with E-state index >= 15 is 0 Å². The van der Waals surface area contributed by atoms with Crippen LogP contribution in [0.1, 0.15) is 30.0 Å². The van der Waals surface area contributed by atoms with Crippen molar-refractivity contribution in [3.8, 4) is 5.75 Å². The van der Waals surface area contributed by atoms with Gasteiger partial charge in [-0.05, 0) is 63.3 Å². The topological polar surface area (TPSA) is 59.0 Å². The molecule has 1 atom stereocenters. The second-order valence-corrected chi connectivity index (χ2v) is 8.41. The fourth-order valence-corrected chi connectivity index (χ4v) is 4.05. The molecule has 0 saturated carbocycles. The first-order valence-corrected chi connectivity index (χ1v) is 10.7. The number of nitrogens with zero attached hydrogens (tertiary/aromatic N) is 3. The summed E-state index contributed by atoms with van der Waals surface area (Å²) >= 11 is 0. The number of carbonyl (C=O) groups is 1. The molecule has 1 aliphatic heterocycles. The molecule has 0 bridgehead atoms. The van der Waals surface area contributed by atoms with Gasteiger partial charge >= 0.3 is 6.03 Å². The summed E-state index contributed by atoms with van der Waals surface area (Å²) in [5, 5.41) is 12.9. The Morgan fingerprint density at radius 3 is 2.50 bits per heavy atom. The SMILES string of the molecule is CN1CCC(N(C)C[C@H](NC(=O)N(C)Cc2cccc(O)c2)c2ccccc2)CC1. The Balaban J connectivity index is 1.65. The Labute approximate surface area is 180 Å². The van der Waals surface area contributed by atoms with Gasteiger partial charge in [0.05, 0.1) is 6.04 Å². The number of phenolic OH excluding ortho intramolecular Hbond substituents is 1. The van der Waals surface area contributed by atoms with Crippen molar-refractivity contribution in [3.63, 3.8) is 0 Å². The van der Waals surface area contributed by atoms with Gasteiger partial charge in [0.2, 0.25) is 0 Å². The molecule has 1 aliphatic rings. The van der Waals surface area contributed by atoms with Crippen LogP contribution in [0, 0.1) is 0 Å². The van der Waals surface area contributed by atoms with E-state index in [2.05, 4.69) is 41.3 Å². The molecule has 0 radical (unpaired) electrons. The first kappa shape index (κ1) is 22.1. The number of piperidine rings is 1. The molecule has 6 heteroatoms. The van der Waals surface area contributed by atoms with Crippen LogP contribution in [0.15, 0.2) is 54.6 Å². The lowest BCUT2D eigenvalue weighted by Gasteiger charge is -2.37. The van der Waals surface area contributed by atoms with E-state index in [1.54, 1.807) is 30.1 Å². The Morgan fingerprint density at radius 1 is 1.13 bits per heavy atom. The second-order valence-electron chi connectivity index (χ2n) is 8.41. The zero-order valence-corrected chi connectivity index (χ0v) is 18.3. The van der Waals surface area contributed by atoms with Crippen LogP contribution in [0.4, 0.5) is 4.79 Å². The van der Waals surface area contributed by atoms with E-state index in [1.165, 1.54) is 0 Å². The van der Waals surface area contributed by atoms with E-state index in [9.17, 15) is 9.90 Å². The molecule has 2 aromatic rings. The summed E-state index contributed by atoms with van der Waals surface area (Å²) < 4.78 is 0. The highest BCUT2D eigenvalue weighted by molar-refractivity contribution is 5.74. The zero-order chi connectivity index (χ0) is 21.5. The summed E-state index contributed by atoms with van der Waals surface area (Å²) in [6, 6.07) is 17.5. The standard InChI is InChI=1S/C24H34N4O2/c1-26-14-12-21(13-15-26)27(2)18-23(20-9-5-4-6-10-20)25-24(30)28(3)17-19-8-7-11-22(29)16-19/h4-11,16,21,23,29H,12-15,17-18H2,1-3H3,(H,25,30)/t23-/m0/s1. The number of aromatic hydroxyl groups is 1. The molecule has 0 spiro atoms. The number of hydrogen-bond donors (Lipinski definition) is 2. The maximum Gasteiger partial charge on any atom is 0.317 e. The molecule has 2 aromatic carbocycles. The fourth-order valence-electron chi connectivity index (χ4n) is 4.05. The smallest absolute Gasteiger partial charge is 0.317 e. The number of phenols is 1. The predicted molar refractivity (Wildman–Crippen MR) is 120 cm³/mol. The van der Waals surface area contributed by atoms with Crippen LogP contribution >= 0.6 is 0 Å². The molecule has 162 valence electrons. The summed E-state index contributed by atoms with van der Waals surface area (Å²) in [7, 11) is 6.11. The van der Waals surface area contributed by atoms with E-state index in [-0.39, 0.29) is 17.8 Å². The van der Waals surface area contributed by atoms with Crippen LogP contribution in [0.5, 0.6) is 5.75 Å². The maximum absolute atomic E-state index is 12.9. The van der Waals surface area contributed by atoms with Crippen molar-refractivity contribution in [2.75, 3.05) is 40.8 Å². The van der Waals surface area contributed by atoms with Crippen molar-refractivity contribution in [1.82, 2.24) is 20.0 Å². The van der Waals surface area contributed by atoms with Crippen molar-refractivity contribution in [2.45, 2.75) is 31.5 Å². The van der Waals surface area contributed by atoms with Crippen LogP contribution in [0.3, 0.4) is 0 Å². The number of likely N-dealkylation sites (N-methyl/N-ethyl adjacent to an activating group) is 1. The van der Waals surface area contributed by atoms with E-state index in [4.69, 9.17) is 0 Å². The van der Waals surface area contributed by atoms with Gasteiger partial charge in [0.25, 0.3) is 0 Å². The molecule has 6 nitrogen and oxygen atoms in total. The number of nitrogens with one attached hydrogen (secondary N) is 1. The van der Waals surface area contributed by atoms with Crippen LogP contribution in [0.2, 0.25) is 0 Å². The third-order valence-electron chi connectivity index (χ3n) is 5.96. The Kier molecular flexibility index (Phi) is 7.71. The molecule has 0 aromatic heterocycles. The predicted octanol–water partition coefficient (Wildman–Crippen LogP) is 3.30. The van der Waals surface area contributed by atoms with Gasteiger partial charge in [-0.2, -0.15) is 0 Å². The van der Waals surface area contributed by atoms with Gasteiger partial charge in [0.1, 0.15) is 5.75 Å². The minimum Gasteiger partial charge on any atom is -0.508 e. The van der Waals surface area contributed by atoms with Crippen molar-refractivity contribution in [2.24, 2.45) is 0 Å². The van der Waals surface area contributed by atoms with E-state index < -0.39 is 0 Å². The molecule has 0 unspecified atom stereocenters. The molecule has 1 saturated heterocycles. The minimum atomic E-state index is -0.121. The highest BCUT2D eigenvalue weighted by Gasteiger charge is 2.25. The largest absolute Gasteiger partial charge is 0.508 e. The molecule has 3 rings (SSSR count). The lowest BCUT2D eigenvalue weighted by atomic mass is 10.0. The summed E-state index contributed by atoms with van der Waals surface area (Å²) in [4.78, 5) is 19.4. The summed E-state index contributed by atoms with van der Waals surface area (Å²) in [6.07, 6.45) is 2.31. The molecule has 0 aliphatic carbocycles. The fraction of sp³-hybridized carbons (Fsp3) is 0.458. The van der Waals surface area contributed by atoms with Crippen molar-refractivity contribution < 1.29 is 9.90 Å². The van der Waals surface area contributed by atoms with Crippen LogP contribution < -0.4 is 5.32 Å². The van der Waals surface area contributed by atoms with Gasteiger partial charge in [-0.1, -0.05) is 42.5 Å². The summed E-state index contributed by atoms with van der Waals surface area (Å²) in [5.74, 6) is 0.211. The van der Waals surface area contributed by atoms with Crippen LogP contribution in [-0.4, -0.2) is 72.7 Å². The summed E-state index contributed by atoms with van der Waals surface area (Å²) in [5.41, 5.74) is 2.00. The van der Waals surface area contributed by atoms with E-state index in [0.29, 0.717) is 12.6 Å².